The minimum atomic E-state index is -3.83. The lowest BCUT2D eigenvalue weighted by Gasteiger charge is -2.15. The summed E-state index contributed by atoms with van der Waals surface area (Å²) in [7, 11) is -2.34. The van der Waals surface area contributed by atoms with Crippen LogP contribution in [0.3, 0.4) is 0 Å². The van der Waals surface area contributed by atoms with E-state index in [2.05, 4.69) is 14.7 Å². The normalized spacial score (nSPS) is 11.6. The third-order valence-electron chi connectivity index (χ3n) is 3.70. The lowest BCUT2D eigenvalue weighted by Crippen LogP contribution is -2.14. The minimum absolute atomic E-state index is 0.0484. The first kappa shape index (κ1) is 16.1. The molecule has 0 saturated carbocycles. The summed E-state index contributed by atoms with van der Waals surface area (Å²) in [5.41, 5.74) is 2.71. The highest BCUT2D eigenvalue weighted by atomic mass is 32.2. The number of methoxy groups -OCH3 is 1. The van der Waals surface area contributed by atoms with Crippen LogP contribution in [0.15, 0.2) is 40.0 Å². The van der Waals surface area contributed by atoms with Gasteiger partial charge in [0, 0.05) is 0 Å². The zero-order valence-corrected chi connectivity index (χ0v) is 14.2. The summed E-state index contributed by atoms with van der Waals surface area (Å²) in [5.74, 6) is 0.451. The number of aryl methyl sites for hydroxylation is 2. The Balaban J connectivity index is 2.06. The molecule has 0 bridgehead atoms. The summed E-state index contributed by atoms with van der Waals surface area (Å²) < 4.78 is 33.2. The highest BCUT2D eigenvalue weighted by molar-refractivity contribution is 7.92. The monoisotopic (exact) mass is 347 g/mol. The number of aromatic nitrogens is 2. The first-order chi connectivity index (χ1) is 11.3. The van der Waals surface area contributed by atoms with E-state index in [-0.39, 0.29) is 10.6 Å². The van der Waals surface area contributed by atoms with Gasteiger partial charge in [-0.15, -0.1) is 0 Å². The number of ether oxygens (including phenoxy) is 1. The van der Waals surface area contributed by atoms with Crippen LogP contribution in [-0.2, 0) is 10.0 Å². The molecule has 0 fully saturated rings. The van der Waals surface area contributed by atoms with E-state index >= 15 is 0 Å². The van der Waals surface area contributed by atoms with Gasteiger partial charge in [0.05, 0.1) is 28.7 Å². The Labute approximate surface area is 138 Å². The quantitative estimate of drug-likeness (QED) is 0.673. The van der Waals surface area contributed by atoms with Gasteiger partial charge < -0.3 is 14.7 Å². The van der Waals surface area contributed by atoms with E-state index in [0.717, 1.165) is 11.1 Å². The number of hydrogen-bond donors (Lipinski definition) is 3. The molecule has 0 spiro atoms. The summed E-state index contributed by atoms with van der Waals surface area (Å²) in [4.78, 5) is 16.5. The number of nitrogens with one attached hydrogen (secondary N) is 3. The molecule has 3 rings (SSSR count). The van der Waals surface area contributed by atoms with Crippen LogP contribution < -0.4 is 15.1 Å². The van der Waals surface area contributed by atoms with Gasteiger partial charge in [-0.3, -0.25) is 4.72 Å². The number of sulfonamides is 1. The molecule has 2 aromatic carbocycles. The predicted molar refractivity (Wildman–Crippen MR) is 92.2 cm³/mol. The zero-order chi connectivity index (χ0) is 17.5. The lowest BCUT2D eigenvalue weighted by atomic mass is 10.1. The van der Waals surface area contributed by atoms with E-state index in [9.17, 15) is 13.2 Å². The molecule has 3 aromatic rings. The number of aromatic amines is 2. The van der Waals surface area contributed by atoms with Crippen molar-refractivity contribution in [3.8, 4) is 5.75 Å². The second-order valence-corrected chi connectivity index (χ2v) is 7.23. The summed E-state index contributed by atoms with van der Waals surface area (Å²) in [6.45, 7) is 3.71. The van der Waals surface area contributed by atoms with Crippen LogP contribution in [-0.4, -0.2) is 25.5 Å². The molecular weight excluding hydrogens is 330 g/mol. The van der Waals surface area contributed by atoms with Gasteiger partial charge in [0.1, 0.15) is 5.75 Å². The highest BCUT2D eigenvalue weighted by Crippen LogP contribution is 2.32. The van der Waals surface area contributed by atoms with Crippen LogP contribution in [0.5, 0.6) is 5.75 Å². The molecule has 0 saturated heterocycles. The van der Waals surface area contributed by atoms with Crippen molar-refractivity contribution >= 4 is 26.7 Å². The van der Waals surface area contributed by atoms with Crippen LogP contribution in [0.1, 0.15) is 11.1 Å². The maximum absolute atomic E-state index is 12.7. The molecule has 126 valence electrons. The van der Waals surface area contributed by atoms with Crippen molar-refractivity contribution in [2.75, 3.05) is 11.8 Å². The second kappa shape index (κ2) is 5.72. The van der Waals surface area contributed by atoms with Crippen molar-refractivity contribution in [3.63, 3.8) is 0 Å². The molecule has 0 amide bonds. The van der Waals surface area contributed by atoms with Gasteiger partial charge in [-0.25, -0.2) is 13.2 Å². The van der Waals surface area contributed by atoms with Crippen molar-refractivity contribution in [2.45, 2.75) is 18.7 Å². The molecule has 0 unspecified atom stereocenters. The molecule has 1 aromatic heterocycles. The fraction of sp³-hybridized carbons (Fsp3) is 0.188. The average Bonchev–Trinajstić information content (AvgIpc) is 2.88. The Morgan fingerprint density at radius 2 is 1.75 bits per heavy atom. The summed E-state index contributed by atoms with van der Waals surface area (Å²) in [6.07, 6.45) is 0. The largest absolute Gasteiger partial charge is 0.495 e. The van der Waals surface area contributed by atoms with Gasteiger partial charge >= 0.3 is 5.69 Å². The van der Waals surface area contributed by atoms with Gasteiger partial charge in [0.2, 0.25) is 0 Å². The Bertz CT molecular complexity index is 1080. The maximum Gasteiger partial charge on any atom is 0.323 e. The van der Waals surface area contributed by atoms with E-state index in [0.29, 0.717) is 22.5 Å². The van der Waals surface area contributed by atoms with Crippen LogP contribution >= 0.6 is 0 Å². The minimum Gasteiger partial charge on any atom is -0.495 e. The molecule has 7 nitrogen and oxygen atoms in total. The first-order valence-electron chi connectivity index (χ1n) is 7.20. The number of imidazole rings is 1. The summed E-state index contributed by atoms with van der Waals surface area (Å²) in [6, 6.07) is 8.02. The van der Waals surface area contributed by atoms with Crippen LogP contribution in [0.4, 0.5) is 5.69 Å². The summed E-state index contributed by atoms with van der Waals surface area (Å²) in [5, 5.41) is 0. The molecule has 24 heavy (non-hydrogen) atoms. The Morgan fingerprint density at radius 3 is 2.46 bits per heavy atom. The van der Waals surface area contributed by atoms with Crippen molar-refractivity contribution < 1.29 is 13.2 Å². The molecule has 1 heterocycles. The molecule has 0 aliphatic rings. The zero-order valence-electron chi connectivity index (χ0n) is 13.4. The van der Waals surface area contributed by atoms with E-state index in [1.165, 1.54) is 19.2 Å². The molecule has 0 atom stereocenters. The topological polar surface area (TPSA) is 104 Å². The second-order valence-electron chi connectivity index (χ2n) is 5.55. The average molecular weight is 347 g/mol. The maximum atomic E-state index is 12.7. The van der Waals surface area contributed by atoms with Gasteiger partial charge in [-0.05, 0) is 49.2 Å². The number of fused-ring (bicyclic) bond motifs is 1. The van der Waals surface area contributed by atoms with Gasteiger partial charge in [-0.1, -0.05) is 6.07 Å². The van der Waals surface area contributed by atoms with Crippen molar-refractivity contribution in [3.05, 3.63) is 51.9 Å². The van der Waals surface area contributed by atoms with Crippen LogP contribution in [0, 0.1) is 13.8 Å². The van der Waals surface area contributed by atoms with E-state index < -0.39 is 10.0 Å². The van der Waals surface area contributed by atoms with Gasteiger partial charge in [0.25, 0.3) is 10.0 Å². The van der Waals surface area contributed by atoms with Gasteiger partial charge in [-0.2, -0.15) is 0 Å². The predicted octanol–water partition coefficient (Wildman–Crippen LogP) is 2.28. The Morgan fingerprint density at radius 1 is 1.04 bits per heavy atom. The molecule has 0 aliphatic heterocycles. The number of anilines is 1. The number of H-pyrrole nitrogens is 2. The lowest BCUT2D eigenvalue weighted by molar-refractivity contribution is 0.416. The van der Waals surface area contributed by atoms with E-state index in [4.69, 9.17) is 4.74 Å². The number of benzene rings is 2. The fourth-order valence-corrected chi connectivity index (χ4v) is 3.76. The van der Waals surface area contributed by atoms with Gasteiger partial charge in [0.15, 0.2) is 0 Å². The molecule has 0 aliphatic carbocycles. The number of rotatable bonds is 4. The SMILES string of the molecule is COc1cc(C)cc(C)c1NS(=O)(=O)c1ccc2[nH]c(=O)[nH]c2c1. The highest BCUT2D eigenvalue weighted by Gasteiger charge is 2.19. The van der Waals surface area contributed by atoms with Crippen LogP contribution in [0.25, 0.3) is 11.0 Å². The van der Waals surface area contributed by atoms with Crippen molar-refractivity contribution in [1.82, 2.24) is 9.97 Å². The molecule has 0 radical (unpaired) electrons. The Hall–Kier alpha value is -2.74. The van der Waals surface area contributed by atoms with Crippen molar-refractivity contribution in [2.24, 2.45) is 0 Å². The van der Waals surface area contributed by atoms with E-state index in [1.807, 2.05) is 13.0 Å². The van der Waals surface area contributed by atoms with E-state index in [1.54, 1.807) is 19.1 Å². The Kier molecular flexibility index (Phi) is 3.84. The fourth-order valence-electron chi connectivity index (χ4n) is 2.59. The standard InChI is InChI=1S/C16H17N3O4S/c1-9-6-10(2)15(14(7-9)23-3)19-24(21,22)11-4-5-12-13(8-11)18-16(20)17-12/h4-8,19H,1-3H3,(H2,17,18,20). The van der Waals surface area contributed by atoms with Crippen molar-refractivity contribution in [1.29, 1.82) is 0 Å². The smallest absolute Gasteiger partial charge is 0.323 e. The molecule has 8 heteroatoms. The van der Waals surface area contributed by atoms with Crippen LogP contribution in [0.2, 0.25) is 0 Å². The first-order valence-corrected chi connectivity index (χ1v) is 8.68. The third kappa shape index (κ3) is 2.88. The summed E-state index contributed by atoms with van der Waals surface area (Å²) >= 11 is 0. The third-order valence-corrected chi connectivity index (χ3v) is 5.05. The number of hydrogen-bond acceptors (Lipinski definition) is 4. The molecule has 3 N–H and O–H groups in total. The molecular formula is C16H17N3O4S.